The first-order chi connectivity index (χ1) is 33.7. The molecule has 3 heterocycles. The summed E-state index contributed by atoms with van der Waals surface area (Å²) in [7, 11) is 0. The van der Waals surface area contributed by atoms with Gasteiger partial charge in [0.1, 0.15) is 11.5 Å². The SMILES string of the molecule is c1ccc(-c2cc(-c3ccccc3)nc(-c3ccc(-c4cccc(-c5nc(-c6ccccc6)nc(-c6cccc7c6Oc6ccccc6C76c7ccccc7-c7ccccc76)n5)c4)cc3)c2)cc1. The van der Waals surface area contributed by atoms with Gasteiger partial charge in [-0.3, -0.25) is 0 Å². The molecule has 11 aromatic rings. The fourth-order valence-corrected chi connectivity index (χ4v) is 10.3. The Morgan fingerprint density at radius 1 is 0.265 bits per heavy atom. The minimum absolute atomic E-state index is 0.537. The van der Waals surface area contributed by atoms with E-state index in [2.05, 4.69) is 194 Å². The third-order valence-electron chi connectivity index (χ3n) is 13.4. The lowest BCUT2D eigenvalue weighted by molar-refractivity contribution is 0.437. The Morgan fingerprint density at radius 3 is 1.38 bits per heavy atom. The highest BCUT2D eigenvalue weighted by Gasteiger charge is 2.51. The van der Waals surface area contributed by atoms with Crippen molar-refractivity contribution in [2.75, 3.05) is 0 Å². The maximum atomic E-state index is 7.04. The summed E-state index contributed by atoms with van der Waals surface area (Å²) < 4.78 is 7.04. The van der Waals surface area contributed by atoms with E-state index in [-0.39, 0.29) is 0 Å². The van der Waals surface area contributed by atoms with Gasteiger partial charge >= 0.3 is 0 Å². The molecule has 0 saturated heterocycles. The van der Waals surface area contributed by atoms with Crippen LogP contribution in [0, 0.1) is 0 Å². The van der Waals surface area contributed by atoms with Crippen molar-refractivity contribution >= 4 is 0 Å². The Morgan fingerprint density at radius 2 is 0.706 bits per heavy atom. The van der Waals surface area contributed by atoms with E-state index in [4.69, 9.17) is 24.7 Å². The number of pyridine rings is 1. The molecule has 0 amide bonds. The second kappa shape index (κ2) is 16.1. The molecule has 1 aliphatic carbocycles. The van der Waals surface area contributed by atoms with E-state index in [1.165, 1.54) is 22.3 Å². The number of hydrogen-bond acceptors (Lipinski definition) is 5. The molecule has 5 heteroatoms. The van der Waals surface area contributed by atoms with Crippen molar-refractivity contribution in [2.24, 2.45) is 0 Å². The molecule has 318 valence electrons. The maximum absolute atomic E-state index is 7.04. The summed E-state index contributed by atoms with van der Waals surface area (Å²) in [6.07, 6.45) is 0. The molecule has 5 nitrogen and oxygen atoms in total. The van der Waals surface area contributed by atoms with E-state index in [9.17, 15) is 0 Å². The zero-order chi connectivity index (χ0) is 45.0. The Labute approximate surface area is 394 Å². The fourth-order valence-electron chi connectivity index (χ4n) is 10.3. The van der Waals surface area contributed by atoms with E-state index in [1.54, 1.807) is 0 Å². The molecular weight excluding hydrogens is 829 g/mol. The summed E-state index contributed by atoms with van der Waals surface area (Å²) in [6.45, 7) is 0. The Kier molecular flexibility index (Phi) is 9.32. The van der Waals surface area contributed by atoms with Crippen molar-refractivity contribution in [1.29, 1.82) is 0 Å². The molecule has 68 heavy (non-hydrogen) atoms. The van der Waals surface area contributed by atoms with Crippen LogP contribution in [-0.2, 0) is 5.41 Å². The normalized spacial score (nSPS) is 12.6. The topological polar surface area (TPSA) is 60.8 Å². The zero-order valence-electron chi connectivity index (χ0n) is 36.8. The average Bonchev–Trinajstić information content (AvgIpc) is 3.71. The van der Waals surface area contributed by atoms with E-state index in [1.807, 2.05) is 48.5 Å². The molecule has 9 aromatic carbocycles. The minimum Gasteiger partial charge on any atom is -0.456 e. The van der Waals surface area contributed by atoms with Crippen LogP contribution < -0.4 is 4.74 Å². The summed E-state index contributed by atoms with van der Waals surface area (Å²) in [5, 5.41) is 0. The van der Waals surface area contributed by atoms with Gasteiger partial charge in [0.2, 0.25) is 0 Å². The quantitative estimate of drug-likeness (QED) is 0.160. The number of benzene rings is 9. The van der Waals surface area contributed by atoms with Crippen molar-refractivity contribution in [1.82, 2.24) is 19.9 Å². The first-order valence-electron chi connectivity index (χ1n) is 23.0. The second-order valence-electron chi connectivity index (χ2n) is 17.3. The minimum atomic E-state index is -0.611. The molecule has 0 radical (unpaired) electrons. The standard InChI is InChI=1S/C63H40N4O/c1-4-18-41(19-5-1)48-39-56(43-20-6-2-7-21-43)64-57(40-48)44-36-34-42(35-37-44)46-24-16-25-47(38-46)61-65-60(45-22-8-3-9-23-45)66-62(67-61)51-28-17-32-55-59(51)68-58-33-15-14-31-54(58)63(55)52-29-12-10-26-49(52)50-27-11-13-30-53(50)63/h1-40H. The van der Waals surface area contributed by atoms with Gasteiger partial charge in [0.15, 0.2) is 17.5 Å². The van der Waals surface area contributed by atoms with Crippen molar-refractivity contribution in [3.05, 3.63) is 265 Å². The Bertz CT molecular complexity index is 3600. The molecule has 13 rings (SSSR count). The average molecular weight is 869 g/mol. The number of rotatable bonds is 7. The second-order valence-corrected chi connectivity index (χ2v) is 17.3. The van der Waals surface area contributed by atoms with Gasteiger partial charge in [0.25, 0.3) is 0 Å². The third-order valence-corrected chi connectivity index (χ3v) is 13.4. The van der Waals surface area contributed by atoms with Crippen LogP contribution >= 0.6 is 0 Å². The van der Waals surface area contributed by atoms with Gasteiger partial charge in [-0.2, -0.15) is 0 Å². The van der Waals surface area contributed by atoms with Gasteiger partial charge in [-0.1, -0.05) is 212 Å². The number of nitrogens with zero attached hydrogens (tertiary/aromatic N) is 4. The van der Waals surface area contributed by atoms with E-state index in [0.717, 1.165) is 84.1 Å². The molecular formula is C63H40N4O. The van der Waals surface area contributed by atoms with Gasteiger partial charge in [-0.25, -0.2) is 19.9 Å². The summed E-state index contributed by atoms with van der Waals surface area (Å²) in [4.78, 5) is 20.9. The van der Waals surface area contributed by atoms with Crippen LogP contribution in [0.4, 0.5) is 0 Å². The van der Waals surface area contributed by atoms with Gasteiger partial charge in [-0.15, -0.1) is 0 Å². The van der Waals surface area contributed by atoms with Gasteiger partial charge in [0.05, 0.1) is 22.4 Å². The molecule has 0 atom stereocenters. The van der Waals surface area contributed by atoms with Crippen LogP contribution in [0.15, 0.2) is 243 Å². The predicted molar refractivity (Wildman–Crippen MR) is 273 cm³/mol. The molecule has 2 aliphatic rings. The number of para-hydroxylation sites is 2. The van der Waals surface area contributed by atoms with Gasteiger partial charge in [0, 0.05) is 33.4 Å². The van der Waals surface area contributed by atoms with E-state index in [0.29, 0.717) is 17.5 Å². The van der Waals surface area contributed by atoms with Gasteiger partial charge < -0.3 is 4.74 Å². The third kappa shape index (κ3) is 6.47. The fraction of sp³-hybridized carbons (Fsp3) is 0.0159. The molecule has 0 N–H and O–H groups in total. The number of hydrogen-bond donors (Lipinski definition) is 0. The van der Waals surface area contributed by atoms with E-state index < -0.39 is 5.41 Å². The van der Waals surface area contributed by atoms with Crippen LogP contribution in [0.25, 0.3) is 90.1 Å². The lowest BCUT2D eigenvalue weighted by atomic mass is 9.66. The van der Waals surface area contributed by atoms with Crippen molar-refractivity contribution in [2.45, 2.75) is 5.41 Å². The highest BCUT2D eigenvalue weighted by molar-refractivity contribution is 5.90. The van der Waals surface area contributed by atoms with Crippen molar-refractivity contribution < 1.29 is 4.74 Å². The van der Waals surface area contributed by atoms with Crippen LogP contribution in [-0.4, -0.2) is 19.9 Å². The van der Waals surface area contributed by atoms with Crippen LogP contribution in [0.3, 0.4) is 0 Å². The molecule has 0 unspecified atom stereocenters. The molecule has 1 aliphatic heterocycles. The smallest absolute Gasteiger partial charge is 0.167 e. The lowest BCUT2D eigenvalue weighted by Crippen LogP contribution is -2.32. The maximum Gasteiger partial charge on any atom is 0.167 e. The molecule has 0 saturated carbocycles. The highest BCUT2D eigenvalue weighted by atomic mass is 16.5. The zero-order valence-corrected chi connectivity index (χ0v) is 36.8. The van der Waals surface area contributed by atoms with Crippen LogP contribution in [0.5, 0.6) is 11.5 Å². The van der Waals surface area contributed by atoms with Crippen molar-refractivity contribution in [3.63, 3.8) is 0 Å². The summed E-state index contributed by atoms with van der Waals surface area (Å²) in [5.41, 5.74) is 17.4. The Balaban J connectivity index is 0.921. The van der Waals surface area contributed by atoms with Crippen LogP contribution in [0.2, 0.25) is 0 Å². The summed E-state index contributed by atoms with van der Waals surface area (Å²) in [6, 6.07) is 84.8. The molecule has 0 fully saturated rings. The highest BCUT2D eigenvalue weighted by Crippen LogP contribution is 2.63. The molecule has 2 aromatic heterocycles. The van der Waals surface area contributed by atoms with Crippen molar-refractivity contribution in [3.8, 4) is 102 Å². The Hall–Kier alpha value is -9.06. The molecule has 1 spiro atoms. The van der Waals surface area contributed by atoms with Gasteiger partial charge in [-0.05, 0) is 74.8 Å². The summed E-state index contributed by atoms with van der Waals surface area (Å²) >= 11 is 0. The van der Waals surface area contributed by atoms with E-state index >= 15 is 0 Å². The largest absolute Gasteiger partial charge is 0.456 e. The number of ether oxygens (including phenoxy) is 1. The number of fused-ring (bicyclic) bond motifs is 9. The van der Waals surface area contributed by atoms with Crippen LogP contribution in [0.1, 0.15) is 22.3 Å². The predicted octanol–water partition coefficient (Wildman–Crippen LogP) is 15.4. The number of aromatic nitrogens is 4. The monoisotopic (exact) mass is 868 g/mol. The summed E-state index contributed by atoms with van der Waals surface area (Å²) in [5.74, 6) is 3.24. The lowest BCUT2D eigenvalue weighted by Gasteiger charge is -2.39. The first-order valence-corrected chi connectivity index (χ1v) is 23.0. The first kappa shape index (κ1) is 39.3. The molecule has 0 bridgehead atoms.